The van der Waals surface area contributed by atoms with Crippen LogP contribution in [0.15, 0.2) is 47.8 Å². The van der Waals surface area contributed by atoms with Crippen molar-refractivity contribution in [1.82, 2.24) is 14.7 Å². The van der Waals surface area contributed by atoms with E-state index in [4.69, 9.17) is 21.1 Å². The molecular formula is C31H37ClN4O6S. The number of nitro groups is 1. The quantitative estimate of drug-likeness (QED) is 0.173. The predicted molar refractivity (Wildman–Crippen MR) is 167 cm³/mol. The zero-order valence-electron chi connectivity index (χ0n) is 24.7. The van der Waals surface area contributed by atoms with Gasteiger partial charge >= 0.3 is 0 Å². The highest BCUT2D eigenvalue weighted by molar-refractivity contribution is 7.10. The molecule has 0 spiro atoms. The van der Waals surface area contributed by atoms with E-state index in [0.29, 0.717) is 44.1 Å². The summed E-state index contributed by atoms with van der Waals surface area (Å²) in [5, 5.41) is 13.2. The van der Waals surface area contributed by atoms with Gasteiger partial charge in [0.05, 0.1) is 36.3 Å². The Bertz CT molecular complexity index is 1440. The van der Waals surface area contributed by atoms with Crippen LogP contribution in [0.3, 0.4) is 0 Å². The van der Waals surface area contributed by atoms with Gasteiger partial charge in [-0.05, 0) is 80.0 Å². The van der Waals surface area contributed by atoms with E-state index in [-0.39, 0.29) is 28.7 Å². The van der Waals surface area contributed by atoms with E-state index in [0.717, 1.165) is 41.9 Å². The van der Waals surface area contributed by atoms with Crippen molar-refractivity contribution in [3.63, 3.8) is 0 Å². The van der Waals surface area contributed by atoms with E-state index in [9.17, 15) is 19.7 Å². The number of aryl methyl sites for hydroxylation is 1. The molecule has 0 N–H and O–H groups in total. The van der Waals surface area contributed by atoms with Crippen molar-refractivity contribution in [1.29, 1.82) is 0 Å². The van der Waals surface area contributed by atoms with Crippen molar-refractivity contribution in [3.05, 3.63) is 84.5 Å². The van der Waals surface area contributed by atoms with Crippen LogP contribution in [0.25, 0.3) is 0 Å². The van der Waals surface area contributed by atoms with E-state index < -0.39 is 10.8 Å². The fourth-order valence-corrected chi connectivity index (χ4v) is 6.25. The number of nitro benzene ring substituents is 1. The van der Waals surface area contributed by atoms with Crippen molar-refractivity contribution >= 4 is 40.4 Å². The second-order valence-electron chi connectivity index (χ2n) is 10.5. The summed E-state index contributed by atoms with van der Waals surface area (Å²) >= 11 is 7.93. The molecule has 2 amide bonds. The standard InChI is InChI=1S/C31H37ClN4O6S/c1-22-11-17-43-29(22)20-34(14-10-23-6-9-27(41-2)28(18-23)42-3)30(37)21-35(16-15-33-12-4-5-13-33)31(38)25-8-7-24(36(39)40)19-26(25)32/h6-9,11,17-19H,4-5,10,12-16,20-21H2,1-3H3. The molecule has 0 atom stereocenters. The molecule has 0 aliphatic carbocycles. The third-order valence-electron chi connectivity index (χ3n) is 7.67. The molecule has 0 unspecified atom stereocenters. The summed E-state index contributed by atoms with van der Waals surface area (Å²) in [7, 11) is 3.17. The van der Waals surface area contributed by atoms with Gasteiger partial charge in [0, 0.05) is 36.6 Å². The molecule has 1 fully saturated rings. The molecule has 0 bridgehead atoms. The Kier molecular flexibility index (Phi) is 11.4. The molecule has 1 aromatic heterocycles. The van der Waals surface area contributed by atoms with E-state index >= 15 is 0 Å². The lowest BCUT2D eigenvalue weighted by Gasteiger charge is -2.29. The normalized spacial score (nSPS) is 13.1. The maximum atomic E-state index is 14.0. The Labute approximate surface area is 260 Å². The minimum absolute atomic E-state index is 0.0164. The number of nitrogens with zero attached hydrogens (tertiary/aromatic N) is 4. The number of benzene rings is 2. The molecule has 0 saturated carbocycles. The first-order chi connectivity index (χ1) is 20.7. The number of likely N-dealkylation sites (tertiary alicyclic amines) is 1. The SMILES string of the molecule is COc1ccc(CCN(Cc2sccc2C)C(=O)CN(CCN2CCCC2)C(=O)c2ccc([N+](=O)[O-])cc2Cl)cc1OC. The predicted octanol–water partition coefficient (Wildman–Crippen LogP) is 5.44. The Morgan fingerprint density at radius 3 is 2.40 bits per heavy atom. The Hall–Kier alpha value is -3.67. The number of carbonyl (C=O) groups is 2. The summed E-state index contributed by atoms with van der Waals surface area (Å²) < 4.78 is 10.8. The Morgan fingerprint density at radius 2 is 1.77 bits per heavy atom. The van der Waals surface area contributed by atoms with Crippen LogP contribution < -0.4 is 9.47 Å². The maximum absolute atomic E-state index is 14.0. The van der Waals surface area contributed by atoms with Crippen LogP contribution in [-0.2, 0) is 17.8 Å². The Balaban J connectivity index is 1.56. The summed E-state index contributed by atoms with van der Waals surface area (Å²) in [5.41, 5.74) is 2.02. The average molecular weight is 629 g/mol. The molecule has 1 aliphatic rings. The number of amides is 2. The second-order valence-corrected chi connectivity index (χ2v) is 11.9. The van der Waals surface area contributed by atoms with Crippen LogP contribution >= 0.6 is 22.9 Å². The van der Waals surface area contributed by atoms with Crippen LogP contribution in [0.1, 0.15) is 39.2 Å². The number of thiophene rings is 1. The fourth-order valence-electron chi connectivity index (χ4n) is 5.08. The summed E-state index contributed by atoms with van der Waals surface area (Å²) in [6.07, 6.45) is 2.78. The van der Waals surface area contributed by atoms with Crippen LogP contribution in [0.2, 0.25) is 5.02 Å². The Morgan fingerprint density at radius 1 is 1.02 bits per heavy atom. The molecule has 4 rings (SSSR count). The highest BCUT2D eigenvalue weighted by atomic mass is 35.5. The van der Waals surface area contributed by atoms with Gasteiger partial charge in [0.1, 0.15) is 6.54 Å². The monoisotopic (exact) mass is 628 g/mol. The van der Waals surface area contributed by atoms with Gasteiger partial charge in [-0.2, -0.15) is 0 Å². The maximum Gasteiger partial charge on any atom is 0.270 e. The van der Waals surface area contributed by atoms with Crippen LogP contribution in [0, 0.1) is 17.0 Å². The van der Waals surface area contributed by atoms with Gasteiger partial charge in [0.25, 0.3) is 11.6 Å². The molecule has 2 aromatic carbocycles. The molecule has 43 heavy (non-hydrogen) atoms. The molecule has 12 heteroatoms. The van der Waals surface area contributed by atoms with E-state index in [1.165, 1.54) is 23.1 Å². The van der Waals surface area contributed by atoms with Crippen molar-refractivity contribution in [3.8, 4) is 11.5 Å². The number of methoxy groups -OCH3 is 2. The molecular weight excluding hydrogens is 592 g/mol. The van der Waals surface area contributed by atoms with Gasteiger partial charge in [0.15, 0.2) is 11.5 Å². The molecule has 2 heterocycles. The number of halogens is 1. The van der Waals surface area contributed by atoms with Gasteiger partial charge in [-0.3, -0.25) is 19.7 Å². The molecule has 10 nitrogen and oxygen atoms in total. The van der Waals surface area contributed by atoms with E-state index in [1.54, 1.807) is 30.5 Å². The van der Waals surface area contributed by atoms with Crippen molar-refractivity contribution in [2.24, 2.45) is 0 Å². The molecule has 230 valence electrons. The topological polar surface area (TPSA) is 105 Å². The number of hydrogen-bond donors (Lipinski definition) is 0. The second kappa shape index (κ2) is 15.2. The summed E-state index contributed by atoms with van der Waals surface area (Å²) in [6, 6.07) is 11.5. The first-order valence-electron chi connectivity index (χ1n) is 14.2. The lowest BCUT2D eigenvalue weighted by molar-refractivity contribution is -0.384. The highest BCUT2D eigenvalue weighted by Gasteiger charge is 2.26. The third-order valence-corrected chi connectivity index (χ3v) is 8.99. The minimum atomic E-state index is -0.558. The van der Waals surface area contributed by atoms with Gasteiger partial charge in [-0.25, -0.2) is 0 Å². The largest absolute Gasteiger partial charge is 0.493 e. The van der Waals surface area contributed by atoms with Crippen LogP contribution in [0.4, 0.5) is 5.69 Å². The van der Waals surface area contributed by atoms with Gasteiger partial charge in [-0.1, -0.05) is 17.7 Å². The fraction of sp³-hybridized carbons (Fsp3) is 0.419. The highest BCUT2D eigenvalue weighted by Crippen LogP contribution is 2.28. The lowest BCUT2D eigenvalue weighted by Crippen LogP contribution is -2.45. The number of hydrogen-bond acceptors (Lipinski definition) is 8. The van der Waals surface area contributed by atoms with Gasteiger partial charge < -0.3 is 24.2 Å². The van der Waals surface area contributed by atoms with Crippen LogP contribution in [-0.4, -0.2) is 84.9 Å². The summed E-state index contributed by atoms with van der Waals surface area (Å²) in [5.74, 6) is 0.622. The first kappa shape index (κ1) is 32.2. The van der Waals surface area contributed by atoms with Crippen LogP contribution in [0.5, 0.6) is 11.5 Å². The average Bonchev–Trinajstić information content (AvgIpc) is 3.68. The lowest BCUT2D eigenvalue weighted by atomic mass is 10.1. The molecule has 1 aliphatic heterocycles. The summed E-state index contributed by atoms with van der Waals surface area (Å²) in [6.45, 7) is 5.58. The first-order valence-corrected chi connectivity index (χ1v) is 15.4. The minimum Gasteiger partial charge on any atom is -0.493 e. The smallest absolute Gasteiger partial charge is 0.270 e. The number of carbonyl (C=O) groups excluding carboxylic acids is 2. The van der Waals surface area contributed by atoms with Gasteiger partial charge in [0.2, 0.25) is 5.91 Å². The number of rotatable bonds is 14. The zero-order valence-corrected chi connectivity index (χ0v) is 26.3. The van der Waals surface area contributed by atoms with E-state index in [1.807, 2.05) is 36.6 Å². The summed E-state index contributed by atoms with van der Waals surface area (Å²) in [4.78, 5) is 45.0. The molecule has 3 aromatic rings. The van der Waals surface area contributed by atoms with E-state index in [2.05, 4.69) is 4.90 Å². The number of ether oxygens (including phenoxy) is 2. The van der Waals surface area contributed by atoms with Crippen molar-refractivity contribution in [2.45, 2.75) is 32.7 Å². The molecule has 1 saturated heterocycles. The third kappa shape index (κ3) is 8.46. The van der Waals surface area contributed by atoms with Crippen molar-refractivity contribution in [2.75, 3.05) is 53.5 Å². The van der Waals surface area contributed by atoms with Gasteiger partial charge in [-0.15, -0.1) is 11.3 Å². The number of non-ortho nitro benzene ring substituents is 1. The molecule has 0 radical (unpaired) electrons. The zero-order chi connectivity index (χ0) is 30.9. The van der Waals surface area contributed by atoms with Crippen molar-refractivity contribution < 1.29 is 24.0 Å².